The Labute approximate surface area is 106 Å². The maximum Gasteiger partial charge on any atom is 0.277 e. The van der Waals surface area contributed by atoms with Gasteiger partial charge < -0.3 is 10.4 Å². The van der Waals surface area contributed by atoms with Crippen molar-refractivity contribution in [2.24, 2.45) is 0 Å². The molecule has 1 aromatic rings. The van der Waals surface area contributed by atoms with Crippen LogP contribution in [0.25, 0.3) is 0 Å². The fraction of sp³-hybridized carbons (Fsp3) is 0.583. The van der Waals surface area contributed by atoms with Crippen LogP contribution in [-0.2, 0) is 0 Å². The summed E-state index contributed by atoms with van der Waals surface area (Å²) in [7, 11) is 0. The predicted octanol–water partition coefficient (Wildman–Crippen LogP) is 2.26. The summed E-state index contributed by atoms with van der Waals surface area (Å²) >= 11 is 0. The van der Waals surface area contributed by atoms with E-state index in [0.29, 0.717) is 24.3 Å². The highest BCUT2D eigenvalue weighted by Crippen LogP contribution is 2.20. The second-order valence-corrected chi connectivity index (χ2v) is 4.71. The van der Waals surface area contributed by atoms with Gasteiger partial charge in [-0.05, 0) is 20.3 Å². The molecule has 1 aromatic heterocycles. The van der Waals surface area contributed by atoms with E-state index in [1.807, 2.05) is 6.92 Å². The molecule has 1 rings (SSSR count). The predicted molar refractivity (Wildman–Crippen MR) is 69.6 cm³/mol. The van der Waals surface area contributed by atoms with E-state index in [9.17, 15) is 15.2 Å². The lowest BCUT2D eigenvalue weighted by atomic mass is 10.0. The molecule has 0 fully saturated rings. The molecule has 0 saturated carbocycles. The van der Waals surface area contributed by atoms with Gasteiger partial charge in [0.25, 0.3) is 5.69 Å². The van der Waals surface area contributed by atoms with Crippen LogP contribution in [0.5, 0.6) is 0 Å². The summed E-state index contributed by atoms with van der Waals surface area (Å²) in [6.07, 6.45) is 2.99. The highest BCUT2D eigenvalue weighted by atomic mass is 16.6. The van der Waals surface area contributed by atoms with Gasteiger partial charge in [0.2, 0.25) is 0 Å². The first-order chi connectivity index (χ1) is 8.35. The number of pyridine rings is 1. The minimum Gasteiger partial charge on any atom is -0.388 e. The molecule has 2 N–H and O–H groups in total. The molecule has 1 heterocycles. The highest BCUT2D eigenvalue weighted by Gasteiger charge is 2.19. The molecule has 0 aliphatic carbocycles. The van der Waals surface area contributed by atoms with Gasteiger partial charge in [0, 0.05) is 18.3 Å². The molecule has 18 heavy (non-hydrogen) atoms. The number of anilines is 1. The van der Waals surface area contributed by atoms with Crippen molar-refractivity contribution in [1.29, 1.82) is 0 Å². The van der Waals surface area contributed by atoms with Gasteiger partial charge in [0.05, 0.1) is 16.6 Å². The topological polar surface area (TPSA) is 88.3 Å². The van der Waals surface area contributed by atoms with Crippen molar-refractivity contribution in [3.8, 4) is 0 Å². The number of hydrogen-bond acceptors (Lipinski definition) is 5. The van der Waals surface area contributed by atoms with E-state index in [2.05, 4.69) is 10.3 Å². The summed E-state index contributed by atoms with van der Waals surface area (Å²) in [5, 5.41) is 23.7. The van der Waals surface area contributed by atoms with Gasteiger partial charge in [-0.25, -0.2) is 4.98 Å². The minimum atomic E-state index is -0.837. The van der Waals surface area contributed by atoms with Crippen molar-refractivity contribution in [1.82, 2.24) is 4.98 Å². The Morgan fingerprint density at radius 3 is 2.83 bits per heavy atom. The molecule has 1 unspecified atom stereocenters. The standard InChI is InChI=1S/C12H19N3O3/c1-4-5-12(3,16)8-14-11-6-10(15(17)18)9(2)7-13-11/h6-7,16H,4-5,8H2,1-3H3,(H,13,14). The highest BCUT2D eigenvalue weighted by molar-refractivity contribution is 5.49. The van der Waals surface area contributed by atoms with E-state index >= 15 is 0 Å². The molecule has 0 aliphatic heterocycles. The molecular weight excluding hydrogens is 234 g/mol. The first-order valence-electron chi connectivity index (χ1n) is 5.93. The van der Waals surface area contributed by atoms with E-state index in [-0.39, 0.29) is 5.69 Å². The van der Waals surface area contributed by atoms with E-state index in [1.165, 1.54) is 12.3 Å². The van der Waals surface area contributed by atoms with Gasteiger partial charge in [0.15, 0.2) is 0 Å². The fourth-order valence-corrected chi connectivity index (χ4v) is 1.71. The zero-order valence-electron chi connectivity index (χ0n) is 10.9. The average Bonchev–Trinajstić information content (AvgIpc) is 2.27. The third-order valence-corrected chi connectivity index (χ3v) is 2.71. The van der Waals surface area contributed by atoms with Crippen LogP contribution in [0.4, 0.5) is 11.5 Å². The number of nitrogens with one attached hydrogen (secondary N) is 1. The normalized spacial score (nSPS) is 14.0. The summed E-state index contributed by atoms with van der Waals surface area (Å²) in [5.74, 6) is 0.406. The van der Waals surface area contributed by atoms with Crippen LogP contribution in [-0.4, -0.2) is 27.2 Å². The summed E-state index contributed by atoms with van der Waals surface area (Å²) in [6.45, 7) is 5.67. The number of aromatic nitrogens is 1. The van der Waals surface area contributed by atoms with Crippen molar-refractivity contribution >= 4 is 11.5 Å². The average molecular weight is 253 g/mol. The minimum absolute atomic E-state index is 0.0302. The Bertz CT molecular complexity index is 433. The molecule has 0 radical (unpaired) electrons. The summed E-state index contributed by atoms with van der Waals surface area (Å²) < 4.78 is 0. The van der Waals surface area contributed by atoms with E-state index in [1.54, 1.807) is 13.8 Å². The molecule has 0 aromatic carbocycles. The van der Waals surface area contributed by atoms with Crippen molar-refractivity contribution < 1.29 is 10.0 Å². The summed E-state index contributed by atoms with van der Waals surface area (Å²) in [5.41, 5.74) is -0.288. The summed E-state index contributed by atoms with van der Waals surface area (Å²) in [4.78, 5) is 14.4. The smallest absolute Gasteiger partial charge is 0.277 e. The van der Waals surface area contributed by atoms with Gasteiger partial charge in [-0.3, -0.25) is 10.1 Å². The van der Waals surface area contributed by atoms with Crippen molar-refractivity contribution in [3.63, 3.8) is 0 Å². The second kappa shape index (κ2) is 5.77. The van der Waals surface area contributed by atoms with Crippen molar-refractivity contribution in [3.05, 3.63) is 27.9 Å². The molecule has 100 valence electrons. The third-order valence-electron chi connectivity index (χ3n) is 2.71. The number of aryl methyl sites for hydroxylation is 1. The maximum absolute atomic E-state index is 10.8. The number of nitro groups is 1. The van der Waals surface area contributed by atoms with Gasteiger partial charge in [0.1, 0.15) is 5.82 Å². The van der Waals surface area contributed by atoms with Crippen LogP contribution >= 0.6 is 0 Å². The first-order valence-corrected chi connectivity index (χ1v) is 5.93. The van der Waals surface area contributed by atoms with Crippen LogP contribution in [0, 0.1) is 17.0 Å². The van der Waals surface area contributed by atoms with Crippen LogP contribution in [0.2, 0.25) is 0 Å². The zero-order valence-corrected chi connectivity index (χ0v) is 10.9. The van der Waals surface area contributed by atoms with Crippen LogP contribution in [0.3, 0.4) is 0 Å². The van der Waals surface area contributed by atoms with Gasteiger partial charge >= 0.3 is 0 Å². The van der Waals surface area contributed by atoms with Crippen LogP contribution in [0.15, 0.2) is 12.3 Å². The zero-order chi connectivity index (χ0) is 13.8. The van der Waals surface area contributed by atoms with E-state index < -0.39 is 10.5 Å². The van der Waals surface area contributed by atoms with Crippen LogP contribution in [0.1, 0.15) is 32.3 Å². The molecule has 6 nitrogen and oxygen atoms in total. The van der Waals surface area contributed by atoms with E-state index in [0.717, 1.165) is 6.42 Å². The fourth-order valence-electron chi connectivity index (χ4n) is 1.71. The SMILES string of the molecule is CCCC(C)(O)CNc1cc([N+](=O)[O-])c(C)cn1. The molecule has 0 saturated heterocycles. The van der Waals surface area contributed by atoms with E-state index in [4.69, 9.17) is 0 Å². The Balaban J connectivity index is 2.74. The molecule has 1 atom stereocenters. The molecule has 0 bridgehead atoms. The van der Waals surface area contributed by atoms with Gasteiger partial charge in [-0.2, -0.15) is 0 Å². The van der Waals surface area contributed by atoms with Crippen molar-refractivity contribution in [2.45, 2.75) is 39.2 Å². The number of hydrogen-bond donors (Lipinski definition) is 2. The molecule has 6 heteroatoms. The number of nitrogens with zero attached hydrogens (tertiary/aromatic N) is 2. The monoisotopic (exact) mass is 253 g/mol. The number of aliphatic hydroxyl groups is 1. The van der Waals surface area contributed by atoms with Gasteiger partial charge in [-0.15, -0.1) is 0 Å². The molecular formula is C12H19N3O3. The first kappa shape index (κ1) is 14.4. The van der Waals surface area contributed by atoms with Gasteiger partial charge in [-0.1, -0.05) is 13.3 Å². The lowest BCUT2D eigenvalue weighted by Gasteiger charge is -2.23. The van der Waals surface area contributed by atoms with Crippen molar-refractivity contribution in [2.75, 3.05) is 11.9 Å². The quantitative estimate of drug-likeness (QED) is 0.599. The third kappa shape index (κ3) is 3.96. The number of rotatable bonds is 6. The second-order valence-electron chi connectivity index (χ2n) is 4.71. The molecule has 0 spiro atoms. The molecule has 0 aliphatic rings. The summed E-state index contributed by atoms with van der Waals surface area (Å²) in [6, 6.07) is 1.39. The lowest BCUT2D eigenvalue weighted by molar-refractivity contribution is -0.385. The van der Waals surface area contributed by atoms with Crippen LogP contribution < -0.4 is 5.32 Å². The Morgan fingerprint density at radius 1 is 1.61 bits per heavy atom. The Morgan fingerprint density at radius 2 is 2.28 bits per heavy atom. The lowest BCUT2D eigenvalue weighted by Crippen LogP contribution is -2.33. The maximum atomic E-state index is 10.8. The Kier molecular flexibility index (Phi) is 4.61. The largest absolute Gasteiger partial charge is 0.388 e. The Hall–Kier alpha value is -1.69. The molecule has 0 amide bonds.